The van der Waals surface area contributed by atoms with Gasteiger partial charge in [0.15, 0.2) is 0 Å². The Morgan fingerprint density at radius 3 is 2.31 bits per heavy atom. The van der Waals surface area contributed by atoms with Gasteiger partial charge in [0.25, 0.3) is 0 Å². The summed E-state index contributed by atoms with van der Waals surface area (Å²) in [6.07, 6.45) is 2.76. The van der Waals surface area contributed by atoms with E-state index in [4.69, 9.17) is 9.47 Å². The van der Waals surface area contributed by atoms with Gasteiger partial charge in [-0.25, -0.2) is 9.79 Å². The molecule has 178 valence electrons. The third kappa shape index (κ3) is 6.22. The van der Waals surface area contributed by atoms with Crippen LogP contribution in [0, 0.1) is 0 Å². The van der Waals surface area contributed by atoms with E-state index < -0.39 is 5.97 Å². The summed E-state index contributed by atoms with van der Waals surface area (Å²) in [6, 6.07) is 25.4. The number of esters is 1. The van der Waals surface area contributed by atoms with Gasteiger partial charge in [-0.2, -0.15) is 0 Å². The topological polar surface area (TPSA) is 68.1 Å². The SMILES string of the molecule is CCOC(=O)C1=C(O)/C(=C\c2ccc(OCc3ccccc3)cc2)SC1=Nc1ccc(CC)cc1. The van der Waals surface area contributed by atoms with Crippen LogP contribution in [0.3, 0.4) is 0 Å². The minimum Gasteiger partial charge on any atom is -0.506 e. The summed E-state index contributed by atoms with van der Waals surface area (Å²) < 4.78 is 11.0. The molecule has 0 saturated heterocycles. The van der Waals surface area contributed by atoms with Gasteiger partial charge < -0.3 is 14.6 Å². The summed E-state index contributed by atoms with van der Waals surface area (Å²) in [7, 11) is 0. The number of hydrogen-bond acceptors (Lipinski definition) is 6. The lowest BCUT2D eigenvalue weighted by Crippen LogP contribution is -2.12. The van der Waals surface area contributed by atoms with E-state index in [0.717, 1.165) is 23.3 Å². The third-order valence-electron chi connectivity index (χ3n) is 5.37. The molecule has 4 rings (SSSR count). The standard InChI is InChI=1S/C29H27NO4S/c1-3-20-10-14-23(15-11-20)30-28-26(29(32)33-4-2)27(31)25(35-28)18-21-12-16-24(17-13-21)34-19-22-8-6-5-7-9-22/h5-18,31H,3-4,19H2,1-2H3/b25-18+,30-28?. The predicted molar refractivity (Wildman–Crippen MR) is 142 cm³/mol. The number of carbonyl (C=O) groups is 1. The molecule has 35 heavy (non-hydrogen) atoms. The highest BCUT2D eigenvalue weighted by atomic mass is 32.2. The van der Waals surface area contributed by atoms with Gasteiger partial charge in [0, 0.05) is 0 Å². The van der Waals surface area contributed by atoms with Crippen molar-refractivity contribution >= 4 is 34.5 Å². The number of carbonyl (C=O) groups excluding carboxylic acids is 1. The van der Waals surface area contributed by atoms with Crippen molar-refractivity contribution in [3.8, 4) is 5.75 Å². The number of aliphatic imine (C=N–C) groups is 1. The minimum atomic E-state index is -0.588. The third-order valence-corrected chi connectivity index (χ3v) is 6.39. The monoisotopic (exact) mass is 485 g/mol. The van der Waals surface area contributed by atoms with Crippen molar-refractivity contribution in [3.05, 3.63) is 112 Å². The number of hydrogen-bond donors (Lipinski definition) is 1. The molecule has 3 aromatic rings. The molecular weight excluding hydrogens is 458 g/mol. The summed E-state index contributed by atoms with van der Waals surface area (Å²) >= 11 is 1.25. The number of thioether (sulfide) groups is 1. The molecule has 5 nitrogen and oxygen atoms in total. The van der Waals surface area contributed by atoms with Crippen molar-refractivity contribution in [1.29, 1.82) is 0 Å². The molecule has 0 aromatic heterocycles. The molecule has 1 aliphatic heterocycles. The predicted octanol–water partition coefficient (Wildman–Crippen LogP) is 7.02. The van der Waals surface area contributed by atoms with E-state index in [2.05, 4.69) is 11.9 Å². The van der Waals surface area contributed by atoms with Gasteiger partial charge in [-0.05, 0) is 60.4 Å². The summed E-state index contributed by atoms with van der Waals surface area (Å²) in [5, 5.41) is 11.3. The molecule has 0 aliphatic carbocycles. The van der Waals surface area contributed by atoms with E-state index in [1.54, 1.807) is 6.92 Å². The maximum absolute atomic E-state index is 12.6. The number of ether oxygens (including phenoxy) is 2. The fourth-order valence-electron chi connectivity index (χ4n) is 3.47. The van der Waals surface area contributed by atoms with E-state index in [1.165, 1.54) is 17.3 Å². The number of rotatable bonds is 8. The molecule has 3 aromatic carbocycles. The van der Waals surface area contributed by atoms with E-state index in [9.17, 15) is 9.90 Å². The maximum Gasteiger partial charge on any atom is 0.344 e. The second-order valence-corrected chi connectivity index (χ2v) is 8.87. The molecule has 0 atom stereocenters. The molecule has 1 heterocycles. The van der Waals surface area contributed by atoms with Crippen LogP contribution >= 0.6 is 11.8 Å². The summed E-state index contributed by atoms with van der Waals surface area (Å²) in [4.78, 5) is 17.8. The molecule has 0 radical (unpaired) electrons. The van der Waals surface area contributed by atoms with Crippen molar-refractivity contribution in [2.75, 3.05) is 6.61 Å². The Morgan fingerprint density at radius 2 is 1.66 bits per heavy atom. The lowest BCUT2D eigenvalue weighted by atomic mass is 10.1. The quantitative estimate of drug-likeness (QED) is 0.347. The van der Waals surface area contributed by atoms with Gasteiger partial charge in [-0.3, -0.25) is 0 Å². The summed E-state index contributed by atoms with van der Waals surface area (Å²) in [5.41, 5.74) is 3.96. The zero-order chi connectivity index (χ0) is 24.6. The molecule has 0 bridgehead atoms. The highest BCUT2D eigenvalue weighted by molar-refractivity contribution is 8.18. The Morgan fingerprint density at radius 1 is 0.943 bits per heavy atom. The Bertz CT molecular complexity index is 1260. The van der Waals surface area contributed by atoms with Gasteiger partial charge >= 0.3 is 5.97 Å². The first kappa shape index (κ1) is 24.4. The fraction of sp³-hybridized carbons (Fsp3) is 0.172. The number of benzene rings is 3. The minimum absolute atomic E-state index is 0.0884. The lowest BCUT2D eigenvalue weighted by molar-refractivity contribution is -0.138. The first-order valence-electron chi connectivity index (χ1n) is 11.5. The second kappa shape index (κ2) is 11.6. The molecule has 0 unspecified atom stereocenters. The molecular formula is C29H27NO4S. The van der Waals surface area contributed by atoms with Crippen LogP contribution in [0.5, 0.6) is 5.75 Å². The molecule has 6 heteroatoms. The highest BCUT2D eigenvalue weighted by Gasteiger charge is 2.33. The summed E-state index contributed by atoms with van der Waals surface area (Å²) in [5.74, 6) is 0.0381. The van der Waals surface area contributed by atoms with Crippen LogP contribution < -0.4 is 4.74 Å². The van der Waals surface area contributed by atoms with Crippen LogP contribution in [0.2, 0.25) is 0 Å². The van der Waals surface area contributed by atoms with Gasteiger partial charge in [-0.1, -0.05) is 73.3 Å². The maximum atomic E-state index is 12.6. The van der Waals surface area contributed by atoms with E-state index in [0.29, 0.717) is 22.2 Å². The smallest absolute Gasteiger partial charge is 0.344 e. The normalized spacial score (nSPS) is 15.6. The zero-order valence-electron chi connectivity index (χ0n) is 19.7. The van der Waals surface area contributed by atoms with Gasteiger partial charge in [-0.15, -0.1) is 0 Å². The first-order chi connectivity index (χ1) is 17.1. The Kier molecular flexibility index (Phi) is 8.06. The van der Waals surface area contributed by atoms with Crippen molar-refractivity contribution in [2.24, 2.45) is 4.99 Å². The number of aliphatic hydroxyl groups excluding tert-OH is 1. The van der Waals surface area contributed by atoms with E-state index in [-0.39, 0.29) is 17.9 Å². The largest absolute Gasteiger partial charge is 0.506 e. The zero-order valence-corrected chi connectivity index (χ0v) is 20.5. The molecule has 1 aliphatic rings. The van der Waals surface area contributed by atoms with Gasteiger partial charge in [0.05, 0.1) is 17.2 Å². The molecule has 0 fully saturated rings. The Balaban J connectivity index is 1.55. The van der Waals surface area contributed by atoms with Crippen LogP contribution in [-0.2, 0) is 22.6 Å². The number of nitrogens with zero attached hydrogens (tertiary/aromatic N) is 1. The van der Waals surface area contributed by atoms with Crippen molar-refractivity contribution in [3.63, 3.8) is 0 Å². The van der Waals surface area contributed by atoms with Crippen LogP contribution in [0.4, 0.5) is 5.69 Å². The average molecular weight is 486 g/mol. The molecule has 0 amide bonds. The van der Waals surface area contributed by atoms with Crippen molar-refractivity contribution < 1.29 is 19.4 Å². The second-order valence-electron chi connectivity index (χ2n) is 7.83. The number of aryl methyl sites for hydroxylation is 1. The van der Waals surface area contributed by atoms with Crippen LogP contribution in [0.25, 0.3) is 6.08 Å². The lowest BCUT2D eigenvalue weighted by Gasteiger charge is -2.06. The highest BCUT2D eigenvalue weighted by Crippen LogP contribution is 2.40. The molecule has 0 spiro atoms. The average Bonchev–Trinajstić information content (AvgIpc) is 3.19. The van der Waals surface area contributed by atoms with Gasteiger partial charge in [0.2, 0.25) is 0 Å². The van der Waals surface area contributed by atoms with Crippen molar-refractivity contribution in [2.45, 2.75) is 26.9 Å². The van der Waals surface area contributed by atoms with Gasteiger partial charge in [0.1, 0.15) is 28.7 Å². The number of aliphatic hydroxyl groups is 1. The van der Waals surface area contributed by atoms with E-state index >= 15 is 0 Å². The molecule has 1 N–H and O–H groups in total. The van der Waals surface area contributed by atoms with Crippen LogP contribution in [-0.4, -0.2) is 22.7 Å². The van der Waals surface area contributed by atoms with Crippen LogP contribution in [0.15, 0.2) is 100 Å². The van der Waals surface area contributed by atoms with Crippen molar-refractivity contribution in [1.82, 2.24) is 0 Å². The Labute approximate surface area is 209 Å². The Hall–Kier alpha value is -3.77. The van der Waals surface area contributed by atoms with E-state index in [1.807, 2.05) is 84.9 Å². The first-order valence-corrected chi connectivity index (χ1v) is 12.3. The fourth-order valence-corrected chi connectivity index (χ4v) is 4.50. The molecule has 0 saturated carbocycles. The summed E-state index contributed by atoms with van der Waals surface area (Å²) in [6.45, 7) is 4.52. The van der Waals surface area contributed by atoms with Crippen LogP contribution in [0.1, 0.15) is 30.5 Å².